The van der Waals surface area contributed by atoms with Crippen LogP contribution in [-0.2, 0) is 0 Å². The predicted octanol–water partition coefficient (Wildman–Crippen LogP) is 2.08. The first-order chi connectivity index (χ1) is 6.81. The highest BCUT2D eigenvalue weighted by atomic mass is 16.5. The van der Waals surface area contributed by atoms with Crippen molar-refractivity contribution in [3.63, 3.8) is 0 Å². The van der Waals surface area contributed by atoms with Gasteiger partial charge in [-0.3, -0.25) is 4.98 Å². The zero-order chi connectivity index (χ0) is 9.97. The minimum absolute atomic E-state index is 0.420. The Bertz CT molecular complexity index is 462. The van der Waals surface area contributed by atoms with E-state index in [1.165, 1.54) is 6.08 Å². The van der Waals surface area contributed by atoms with Gasteiger partial charge < -0.3 is 4.52 Å². The van der Waals surface area contributed by atoms with Crippen LogP contribution in [0, 0.1) is 6.92 Å². The molecule has 70 valence electrons. The Hall–Kier alpha value is -1.97. The maximum absolute atomic E-state index is 4.92. The molecule has 0 spiro atoms. The molecule has 0 bridgehead atoms. The Kier molecular flexibility index (Phi) is 2.10. The summed E-state index contributed by atoms with van der Waals surface area (Å²) in [4.78, 5) is 8.13. The lowest BCUT2D eigenvalue weighted by Gasteiger charge is -1.96. The van der Waals surface area contributed by atoms with E-state index < -0.39 is 0 Å². The van der Waals surface area contributed by atoms with Gasteiger partial charge in [0.2, 0.25) is 11.7 Å². The van der Waals surface area contributed by atoms with Crippen molar-refractivity contribution in [2.24, 2.45) is 0 Å². The van der Waals surface area contributed by atoms with Gasteiger partial charge in [-0.1, -0.05) is 11.7 Å². The summed E-state index contributed by atoms with van der Waals surface area (Å²) >= 11 is 0. The molecule has 0 amide bonds. The first-order valence-corrected chi connectivity index (χ1v) is 4.18. The van der Waals surface area contributed by atoms with Gasteiger partial charge in [0.25, 0.3) is 0 Å². The Morgan fingerprint density at radius 3 is 3.00 bits per heavy atom. The van der Waals surface area contributed by atoms with Crippen molar-refractivity contribution in [3.8, 4) is 11.4 Å². The van der Waals surface area contributed by atoms with Crippen LogP contribution in [0.3, 0.4) is 0 Å². The average molecular weight is 187 g/mol. The SMILES string of the molecule is C=Cc1nc(-c2cnccc2C)no1. The molecule has 0 fully saturated rings. The Morgan fingerprint density at radius 1 is 1.50 bits per heavy atom. The van der Waals surface area contributed by atoms with Gasteiger partial charge in [-0.2, -0.15) is 4.98 Å². The van der Waals surface area contributed by atoms with Crippen molar-refractivity contribution >= 4 is 6.08 Å². The summed E-state index contributed by atoms with van der Waals surface area (Å²) < 4.78 is 4.92. The van der Waals surface area contributed by atoms with Crippen molar-refractivity contribution in [2.45, 2.75) is 6.92 Å². The number of nitrogens with zero attached hydrogens (tertiary/aromatic N) is 3. The van der Waals surface area contributed by atoms with E-state index in [4.69, 9.17) is 4.52 Å². The first-order valence-electron chi connectivity index (χ1n) is 4.18. The Balaban J connectivity index is 2.49. The molecule has 14 heavy (non-hydrogen) atoms. The molecular formula is C10H9N3O. The van der Waals surface area contributed by atoms with Crippen LogP contribution in [0.15, 0.2) is 29.6 Å². The van der Waals surface area contributed by atoms with Gasteiger partial charge in [0, 0.05) is 18.0 Å². The van der Waals surface area contributed by atoms with Crippen LogP contribution in [0.25, 0.3) is 17.5 Å². The molecule has 0 aliphatic rings. The zero-order valence-corrected chi connectivity index (χ0v) is 7.77. The van der Waals surface area contributed by atoms with E-state index in [-0.39, 0.29) is 0 Å². The van der Waals surface area contributed by atoms with E-state index in [2.05, 4.69) is 21.7 Å². The van der Waals surface area contributed by atoms with Gasteiger partial charge in [0.05, 0.1) is 0 Å². The van der Waals surface area contributed by atoms with E-state index in [1.807, 2.05) is 13.0 Å². The van der Waals surface area contributed by atoms with Crippen LogP contribution in [0.5, 0.6) is 0 Å². The molecule has 0 unspecified atom stereocenters. The van der Waals surface area contributed by atoms with E-state index >= 15 is 0 Å². The predicted molar refractivity (Wildman–Crippen MR) is 52.4 cm³/mol. The summed E-state index contributed by atoms with van der Waals surface area (Å²) in [7, 11) is 0. The van der Waals surface area contributed by atoms with Crippen LogP contribution < -0.4 is 0 Å². The molecule has 0 aliphatic heterocycles. The second-order valence-corrected chi connectivity index (χ2v) is 2.85. The lowest BCUT2D eigenvalue weighted by Crippen LogP contribution is -1.86. The quantitative estimate of drug-likeness (QED) is 0.722. The summed E-state index contributed by atoms with van der Waals surface area (Å²) in [6, 6.07) is 1.90. The molecule has 0 aliphatic carbocycles. The molecule has 0 saturated heterocycles. The number of aromatic nitrogens is 3. The van der Waals surface area contributed by atoms with Crippen molar-refractivity contribution < 1.29 is 4.52 Å². The van der Waals surface area contributed by atoms with E-state index in [0.717, 1.165) is 11.1 Å². The number of rotatable bonds is 2. The van der Waals surface area contributed by atoms with Crippen LogP contribution >= 0.6 is 0 Å². The molecular weight excluding hydrogens is 178 g/mol. The molecule has 2 heterocycles. The summed E-state index contributed by atoms with van der Waals surface area (Å²) in [5, 5.41) is 3.82. The molecule has 0 saturated carbocycles. The monoisotopic (exact) mass is 187 g/mol. The minimum Gasteiger partial charge on any atom is -0.334 e. The van der Waals surface area contributed by atoms with Gasteiger partial charge in [0.15, 0.2) is 0 Å². The van der Waals surface area contributed by atoms with Crippen molar-refractivity contribution in [2.75, 3.05) is 0 Å². The molecule has 4 heteroatoms. The second kappa shape index (κ2) is 3.41. The first kappa shape index (κ1) is 8.62. The highest BCUT2D eigenvalue weighted by Crippen LogP contribution is 2.18. The van der Waals surface area contributed by atoms with Gasteiger partial charge >= 0.3 is 0 Å². The van der Waals surface area contributed by atoms with Gasteiger partial charge in [-0.25, -0.2) is 0 Å². The number of hydrogen-bond donors (Lipinski definition) is 0. The third-order valence-corrected chi connectivity index (χ3v) is 1.90. The zero-order valence-electron chi connectivity index (χ0n) is 7.77. The van der Waals surface area contributed by atoms with Gasteiger partial charge in [0.1, 0.15) is 0 Å². The summed E-state index contributed by atoms with van der Waals surface area (Å²) in [5.41, 5.74) is 1.95. The molecule has 0 N–H and O–H groups in total. The largest absolute Gasteiger partial charge is 0.334 e. The lowest BCUT2D eigenvalue weighted by atomic mass is 10.1. The summed E-state index contributed by atoms with van der Waals surface area (Å²) in [5.74, 6) is 0.966. The van der Waals surface area contributed by atoms with Gasteiger partial charge in [-0.05, 0) is 24.6 Å². The summed E-state index contributed by atoms with van der Waals surface area (Å²) in [6.07, 6.45) is 4.96. The smallest absolute Gasteiger partial charge is 0.250 e. The molecule has 2 aromatic rings. The summed E-state index contributed by atoms with van der Waals surface area (Å²) in [6.45, 7) is 5.52. The maximum atomic E-state index is 4.92. The Morgan fingerprint density at radius 2 is 2.36 bits per heavy atom. The number of aryl methyl sites for hydroxylation is 1. The van der Waals surface area contributed by atoms with Crippen LogP contribution in [0.4, 0.5) is 0 Å². The van der Waals surface area contributed by atoms with E-state index in [1.54, 1.807) is 12.4 Å². The standard InChI is InChI=1S/C10H9N3O/c1-3-9-12-10(13-14-9)8-6-11-5-4-7(8)2/h3-6H,1H2,2H3. The van der Waals surface area contributed by atoms with Crippen molar-refractivity contribution in [1.29, 1.82) is 0 Å². The van der Waals surface area contributed by atoms with Gasteiger partial charge in [-0.15, -0.1) is 0 Å². The lowest BCUT2D eigenvalue weighted by molar-refractivity contribution is 0.411. The second-order valence-electron chi connectivity index (χ2n) is 2.85. The molecule has 0 radical (unpaired) electrons. The Labute approximate surface area is 81.3 Å². The topological polar surface area (TPSA) is 51.8 Å². The van der Waals surface area contributed by atoms with Crippen LogP contribution in [0.2, 0.25) is 0 Å². The third kappa shape index (κ3) is 1.42. The highest BCUT2D eigenvalue weighted by molar-refractivity contribution is 5.58. The van der Waals surface area contributed by atoms with Crippen LogP contribution in [-0.4, -0.2) is 15.1 Å². The maximum Gasteiger partial charge on any atom is 0.250 e. The number of hydrogen-bond acceptors (Lipinski definition) is 4. The molecule has 0 aromatic carbocycles. The average Bonchev–Trinajstić information content (AvgIpc) is 2.67. The third-order valence-electron chi connectivity index (χ3n) is 1.90. The molecule has 4 nitrogen and oxygen atoms in total. The fraction of sp³-hybridized carbons (Fsp3) is 0.100. The molecule has 2 rings (SSSR count). The van der Waals surface area contributed by atoms with E-state index in [9.17, 15) is 0 Å². The highest BCUT2D eigenvalue weighted by Gasteiger charge is 2.08. The fourth-order valence-corrected chi connectivity index (χ4v) is 1.13. The fourth-order valence-electron chi connectivity index (χ4n) is 1.13. The number of pyridine rings is 1. The molecule has 2 aromatic heterocycles. The van der Waals surface area contributed by atoms with Crippen molar-refractivity contribution in [3.05, 3.63) is 36.5 Å². The normalized spacial score (nSPS) is 10.1. The minimum atomic E-state index is 0.420. The van der Waals surface area contributed by atoms with E-state index in [0.29, 0.717) is 11.7 Å². The van der Waals surface area contributed by atoms with Crippen LogP contribution in [0.1, 0.15) is 11.5 Å². The molecule has 0 atom stereocenters. The van der Waals surface area contributed by atoms with Crippen molar-refractivity contribution in [1.82, 2.24) is 15.1 Å².